The van der Waals surface area contributed by atoms with Crippen LogP contribution in [0.15, 0.2) is 0 Å². The average molecular weight is 259 g/mol. The number of carbonyl (C=O) groups is 1. The summed E-state index contributed by atoms with van der Waals surface area (Å²) in [5.41, 5.74) is -0.444. The topological polar surface area (TPSA) is 38.3 Å². The molecule has 1 rings (SSSR count). The zero-order chi connectivity index (χ0) is 12.9. The number of ether oxygens (including phenoxy) is 1. The second-order valence-electron chi connectivity index (χ2n) is 4.96. The number of hydrogen-bond acceptors (Lipinski definition) is 4. The molecule has 0 aliphatic heterocycles. The van der Waals surface area contributed by atoms with Gasteiger partial charge in [0.25, 0.3) is 0 Å². The maximum atomic E-state index is 12.1. The third kappa shape index (κ3) is 3.88. The highest BCUT2D eigenvalue weighted by atomic mass is 32.2. The van der Waals surface area contributed by atoms with Gasteiger partial charge in [-0.25, -0.2) is 0 Å². The van der Waals surface area contributed by atoms with E-state index in [4.69, 9.17) is 4.74 Å². The fourth-order valence-corrected chi connectivity index (χ4v) is 3.96. The highest BCUT2D eigenvalue weighted by Crippen LogP contribution is 2.37. The summed E-state index contributed by atoms with van der Waals surface area (Å²) in [6.07, 6.45) is 4.11. The lowest BCUT2D eigenvalue weighted by Gasteiger charge is -2.38. The standard InChI is InChI=1S/C13H25NO2S/c1-5-16-12(15)13(14-4)8-6-7-11(9-13)17-10(2)3/h10-11,14H,5-9H2,1-4H3. The van der Waals surface area contributed by atoms with Gasteiger partial charge < -0.3 is 10.1 Å². The van der Waals surface area contributed by atoms with Crippen molar-refractivity contribution >= 4 is 17.7 Å². The second kappa shape index (κ2) is 6.64. The van der Waals surface area contributed by atoms with Crippen molar-refractivity contribution < 1.29 is 9.53 Å². The molecule has 0 bridgehead atoms. The summed E-state index contributed by atoms with van der Waals surface area (Å²) in [7, 11) is 1.87. The number of nitrogens with one attached hydrogen (secondary N) is 1. The summed E-state index contributed by atoms with van der Waals surface area (Å²) in [5, 5.41) is 4.41. The van der Waals surface area contributed by atoms with Crippen LogP contribution in [-0.4, -0.2) is 35.7 Å². The molecule has 1 fully saturated rings. The van der Waals surface area contributed by atoms with Gasteiger partial charge in [-0.3, -0.25) is 4.79 Å². The molecule has 1 saturated carbocycles. The van der Waals surface area contributed by atoms with Crippen molar-refractivity contribution in [3.63, 3.8) is 0 Å². The highest BCUT2D eigenvalue weighted by molar-refractivity contribution is 8.00. The quantitative estimate of drug-likeness (QED) is 0.770. The van der Waals surface area contributed by atoms with Gasteiger partial charge in [0.05, 0.1) is 6.61 Å². The number of carbonyl (C=O) groups excluding carboxylic acids is 1. The van der Waals surface area contributed by atoms with Gasteiger partial charge in [0.15, 0.2) is 0 Å². The molecule has 4 heteroatoms. The minimum Gasteiger partial charge on any atom is -0.465 e. The smallest absolute Gasteiger partial charge is 0.326 e. The maximum Gasteiger partial charge on any atom is 0.326 e. The number of rotatable bonds is 5. The van der Waals surface area contributed by atoms with Crippen molar-refractivity contribution in [3.8, 4) is 0 Å². The van der Waals surface area contributed by atoms with Gasteiger partial charge >= 0.3 is 5.97 Å². The molecule has 2 unspecified atom stereocenters. The fourth-order valence-electron chi connectivity index (χ4n) is 2.51. The van der Waals surface area contributed by atoms with Crippen molar-refractivity contribution in [1.82, 2.24) is 5.32 Å². The first kappa shape index (κ1) is 14.8. The monoisotopic (exact) mass is 259 g/mol. The zero-order valence-electron chi connectivity index (χ0n) is 11.4. The summed E-state index contributed by atoms with van der Waals surface area (Å²) in [5.74, 6) is -0.0726. The van der Waals surface area contributed by atoms with Gasteiger partial charge in [0, 0.05) is 5.25 Å². The van der Waals surface area contributed by atoms with Gasteiger partial charge in [-0.1, -0.05) is 13.8 Å². The Morgan fingerprint density at radius 1 is 1.59 bits per heavy atom. The van der Waals surface area contributed by atoms with Crippen LogP contribution in [0.2, 0.25) is 0 Å². The van der Waals surface area contributed by atoms with Crippen molar-refractivity contribution in [1.29, 1.82) is 0 Å². The SMILES string of the molecule is CCOC(=O)C1(NC)CCCC(SC(C)C)C1. The number of likely N-dealkylation sites (N-methyl/N-ethyl adjacent to an activating group) is 1. The molecule has 1 aliphatic rings. The summed E-state index contributed by atoms with van der Waals surface area (Å²) < 4.78 is 5.22. The lowest BCUT2D eigenvalue weighted by molar-refractivity contribution is -0.152. The number of thioether (sulfide) groups is 1. The molecule has 0 amide bonds. The Labute approximate surface area is 109 Å². The summed E-state index contributed by atoms with van der Waals surface area (Å²) in [6.45, 7) is 6.75. The van der Waals surface area contributed by atoms with Gasteiger partial charge in [-0.05, 0) is 44.9 Å². The lowest BCUT2D eigenvalue weighted by Crippen LogP contribution is -2.54. The van der Waals surface area contributed by atoms with Crippen LogP contribution in [0.5, 0.6) is 0 Å². The molecule has 0 aromatic heterocycles. The van der Waals surface area contributed by atoms with E-state index in [2.05, 4.69) is 19.2 Å². The van der Waals surface area contributed by atoms with Crippen LogP contribution >= 0.6 is 11.8 Å². The van der Waals surface area contributed by atoms with Crippen LogP contribution in [0.1, 0.15) is 46.5 Å². The van der Waals surface area contributed by atoms with Crippen molar-refractivity contribution in [3.05, 3.63) is 0 Å². The van der Waals surface area contributed by atoms with E-state index in [1.807, 2.05) is 25.7 Å². The van der Waals surface area contributed by atoms with Crippen LogP contribution in [0.25, 0.3) is 0 Å². The fraction of sp³-hybridized carbons (Fsp3) is 0.923. The Bertz CT molecular complexity index is 258. The molecule has 2 atom stereocenters. The first-order chi connectivity index (χ1) is 8.04. The van der Waals surface area contributed by atoms with Crippen LogP contribution in [0, 0.1) is 0 Å². The normalized spacial score (nSPS) is 29.4. The molecular formula is C13H25NO2S. The molecular weight excluding hydrogens is 234 g/mol. The van der Waals surface area contributed by atoms with Gasteiger partial charge in [-0.15, -0.1) is 0 Å². The Balaban J connectivity index is 2.68. The average Bonchev–Trinajstić information content (AvgIpc) is 2.28. The van der Waals surface area contributed by atoms with Gasteiger partial charge in [0.1, 0.15) is 5.54 Å². The molecule has 1 aliphatic carbocycles. The molecule has 0 aromatic rings. The summed E-state index contributed by atoms with van der Waals surface area (Å²) in [4.78, 5) is 12.1. The third-order valence-corrected chi connectivity index (χ3v) is 4.65. The Morgan fingerprint density at radius 2 is 2.29 bits per heavy atom. The predicted molar refractivity (Wildman–Crippen MR) is 73.4 cm³/mol. The number of hydrogen-bond donors (Lipinski definition) is 1. The van der Waals surface area contributed by atoms with E-state index in [1.165, 1.54) is 6.42 Å². The van der Waals surface area contributed by atoms with Gasteiger partial charge in [0.2, 0.25) is 0 Å². The first-order valence-corrected chi connectivity index (χ1v) is 7.50. The van der Waals surface area contributed by atoms with Gasteiger partial charge in [-0.2, -0.15) is 11.8 Å². The summed E-state index contributed by atoms with van der Waals surface area (Å²) >= 11 is 1.98. The maximum absolute atomic E-state index is 12.1. The molecule has 100 valence electrons. The molecule has 0 heterocycles. The van der Waals surface area contributed by atoms with E-state index in [1.54, 1.807) is 0 Å². The van der Waals surface area contributed by atoms with Crippen LogP contribution in [0.3, 0.4) is 0 Å². The third-order valence-electron chi connectivity index (χ3n) is 3.32. The highest BCUT2D eigenvalue weighted by Gasteiger charge is 2.43. The Kier molecular flexibility index (Phi) is 5.80. The van der Waals surface area contributed by atoms with Crippen LogP contribution in [0.4, 0.5) is 0 Å². The van der Waals surface area contributed by atoms with E-state index < -0.39 is 5.54 Å². The molecule has 0 radical (unpaired) electrons. The molecule has 0 saturated heterocycles. The molecule has 0 aromatic carbocycles. The zero-order valence-corrected chi connectivity index (χ0v) is 12.2. The Morgan fingerprint density at radius 3 is 2.82 bits per heavy atom. The lowest BCUT2D eigenvalue weighted by atomic mass is 9.81. The van der Waals surface area contributed by atoms with Crippen molar-refractivity contribution in [2.75, 3.05) is 13.7 Å². The van der Waals surface area contributed by atoms with Crippen LogP contribution < -0.4 is 5.32 Å². The Hall–Kier alpha value is -0.220. The van der Waals surface area contributed by atoms with E-state index in [0.29, 0.717) is 17.1 Å². The molecule has 1 N–H and O–H groups in total. The second-order valence-corrected chi connectivity index (χ2v) is 6.84. The number of esters is 1. The van der Waals surface area contributed by atoms with E-state index >= 15 is 0 Å². The van der Waals surface area contributed by atoms with Crippen LogP contribution in [-0.2, 0) is 9.53 Å². The summed E-state index contributed by atoms with van der Waals surface area (Å²) in [6, 6.07) is 0. The molecule has 0 spiro atoms. The minimum atomic E-state index is -0.444. The largest absolute Gasteiger partial charge is 0.465 e. The molecule has 17 heavy (non-hydrogen) atoms. The minimum absolute atomic E-state index is 0.0726. The van der Waals surface area contributed by atoms with E-state index in [9.17, 15) is 4.79 Å². The first-order valence-electron chi connectivity index (χ1n) is 6.55. The van der Waals surface area contributed by atoms with Crippen molar-refractivity contribution in [2.24, 2.45) is 0 Å². The van der Waals surface area contributed by atoms with Crippen molar-refractivity contribution in [2.45, 2.75) is 62.5 Å². The predicted octanol–water partition coefficient (Wildman–Crippen LogP) is 2.59. The van der Waals surface area contributed by atoms with E-state index in [0.717, 1.165) is 19.3 Å². The van der Waals surface area contributed by atoms with E-state index in [-0.39, 0.29) is 5.97 Å². The molecule has 3 nitrogen and oxygen atoms in total.